The Kier molecular flexibility index (Phi) is 10.2. The third kappa shape index (κ3) is 8.58. The van der Waals surface area contributed by atoms with Gasteiger partial charge in [-0.2, -0.15) is 0 Å². The van der Waals surface area contributed by atoms with E-state index in [4.69, 9.17) is 10.5 Å². The van der Waals surface area contributed by atoms with E-state index in [0.29, 0.717) is 18.6 Å². The molecule has 0 fully saturated rings. The molecule has 5 nitrogen and oxygen atoms in total. The SMILES string of the molecule is CC(C)N[C@@H](CCCNCOCN)C(=O)C(C)C. The van der Waals surface area contributed by atoms with Gasteiger partial charge in [-0.3, -0.25) is 10.1 Å². The second-order valence-electron chi connectivity index (χ2n) is 5.09. The second kappa shape index (κ2) is 10.4. The van der Waals surface area contributed by atoms with E-state index in [1.54, 1.807) is 0 Å². The largest absolute Gasteiger partial charge is 0.351 e. The van der Waals surface area contributed by atoms with Crippen molar-refractivity contribution in [3.8, 4) is 0 Å². The van der Waals surface area contributed by atoms with Crippen LogP contribution >= 0.6 is 0 Å². The number of nitrogens with one attached hydrogen (secondary N) is 2. The average molecular weight is 259 g/mol. The van der Waals surface area contributed by atoms with Crippen molar-refractivity contribution < 1.29 is 9.53 Å². The number of rotatable bonds is 11. The molecule has 0 aliphatic carbocycles. The number of Topliss-reactive ketones (excluding diaryl/α,β-unsaturated/α-hetero) is 1. The van der Waals surface area contributed by atoms with E-state index < -0.39 is 0 Å². The van der Waals surface area contributed by atoms with Crippen molar-refractivity contribution in [1.82, 2.24) is 10.6 Å². The molecule has 18 heavy (non-hydrogen) atoms. The van der Waals surface area contributed by atoms with Gasteiger partial charge < -0.3 is 15.8 Å². The molecule has 4 N–H and O–H groups in total. The molecule has 0 bridgehead atoms. The van der Waals surface area contributed by atoms with Gasteiger partial charge in [-0.1, -0.05) is 27.7 Å². The van der Waals surface area contributed by atoms with Crippen molar-refractivity contribution in [2.45, 2.75) is 52.6 Å². The molecule has 0 aliphatic heterocycles. The summed E-state index contributed by atoms with van der Waals surface area (Å²) in [6.07, 6.45) is 1.79. The first-order valence-electron chi connectivity index (χ1n) is 6.77. The van der Waals surface area contributed by atoms with Crippen LogP contribution in [0.1, 0.15) is 40.5 Å². The van der Waals surface area contributed by atoms with Crippen LogP contribution in [-0.2, 0) is 9.53 Å². The summed E-state index contributed by atoms with van der Waals surface area (Å²) in [7, 11) is 0. The molecule has 0 spiro atoms. The van der Waals surface area contributed by atoms with Crippen LogP contribution in [0.2, 0.25) is 0 Å². The van der Waals surface area contributed by atoms with Crippen LogP contribution in [0, 0.1) is 5.92 Å². The molecular formula is C13H29N3O2. The Morgan fingerprint density at radius 1 is 1.28 bits per heavy atom. The Labute approximate surface area is 111 Å². The Morgan fingerprint density at radius 2 is 1.94 bits per heavy atom. The first-order chi connectivity index (χ1) is 8.49. The molecule has 0 aromatic heterocycles. The van der Waals surface area contributed by atoms with Gasteiger partial charge >= 0.3 is 0 Å². The number of carbonyl (C=O) groups excluding carboxylic acids is 1. The fourth-order valence-corrected chi connectivity index (χ4v) is 1.75. The molecule has 0 aromatic carbocycles. The van der Waals surface area contributed by atoms with Gasteiger partial charge in [0.15, 0.2) is 5.78 Å². The fourth-order valence-electron chi connectivity index (χ4n) is 1.75. The maximum absolute atomic E-state index is 12.0. The smallest absolute Gasteiger partial charge is 0.152 e. The highest BCUT2D eigenvalue weighted by Crippen LogP contribution is 2.06. The van der Waals surface area contributed by atoms with Crippen molar-refractivity contribution in [3.63, 3.8) is 0 Å². The molecule has 108 valence electrons. The predicted molar refractivity (Wildman–Crippen MR) is 74.1 cm³/mol. The summed E-state index contributed by atoms with van der Waals surface area (Å²) >= 11 is 0. The summed E-state index contributed by atoms with van der Waals surface area (Å²) < 4.78 is 4.97. The van der Waals surface area contributed by atoms with Gasteiger partial charge in [-0.05, 0) is 19.4 Å². The van der Waals surface area contributed by atoms with Crippen LogP contribution < -0.4 is 16.4 Å². The van der Waals surface area contributed by atoms with E-state index in [1.165, 1.54) is 0 Å². The first-order valence-corrected chi connectivity index (χ1v) is 6.77. The van der Waals surface area contributed by atoms with Crippen LogP contribution in [0.3, 0.4) is 0 Å². The number of carbonyl (C=O) groups is 1. The molecule has 1 atom stereocenters. The molecule has 5 heteroatoms. The number of ketones is 1. The fraction of sp³-hybridized carbons (Fsp3) is 0.923. The molecule has 0 unspecified atom stereocenters. The lowest BCUT2D eigenvalue weighted by atomic mass is 9.97. The van der Waals surface area contributed by atoms with Crippen LogP contribution in [0.4, 0.5) is 0 Å². The van der Waals surface area contributed by atoms with Gasteiger partial charge in [0.05, 0.1) is 19.5 Å². The number of nitrogens with two attached hydrogens (primary N) is 1. The van der Waals surface area contributed by atoms with Gasteiger partial charge in [-0.25, -0.2) is 0 Å². The van der Waals surface area contributed by atoms with Gasteiger partial charge in [0.1, 0.15) is 0 Å². The number of hydrogen-bond donors (Lipinski definition) is 3. The quantitative estimate of drug-likeness (QED) is 0.379. The standard InChI is InChI=1S/C13H29N3O2/c1-10(2)13(17)12(16-11(3)4)6-5-7-15-9-18-8-14/h10-12,15-16H,5-9,14H2,1-4H3/t12-/m0/s1. The molecule has 0 radical (unpaired) electrons. The lowest BCUT2D eigenvalue weighted by molar-refractivity contribution is -0.124. The van der Waals surface area contributed by atoms with Crippen molar-refractivity contribution in [2.24, 2.45) is 11.7 Å². The molecule has 0 saturated heterocycles. The zero-order valence-corrected chi connectivity index (χ0v) is 12.2. The van der Waals surface area contributed by atoms with Crippen LogP contribution in [0.5, 0.6) is 0 Å². The highest BCUT2D eigenvalue weighted by atomic mass is 16.5. The van der Waals surface area contributed by atoms with Gasteiger partial charge in [-0.15, -0.1) is 0 Å². The molecule has 0 saturated carbocycles. The van der Waals surface area contributed by atoms with Crippen molar-refractivity contribution >= 4 is 5.78 Å². The van der Waals surface area contributed by atoms with Crippen LogP contribution in [0.15, 0.2) is 0 Å². The normalized spacial score (nSPS) is 13.3. The lowest BCUT2D eigenvalue weighted by Crippen LogP contribution is -2.43. The minimum Gasteiger partial charge on any atom is -0.351 e. The van der Waals surface area contributed by atoms with Crippen molar-refractivity contribution in [2.75, 3.05) is 20.0 Å². The molecule has 0 aliphatic rings. The minimum absolute atomic E-state index is 0.0396. The molecule has 0 amide bonds. The van der Waals surface area contributed by atoms with Gasteiger partial charge in [0.2, 0.25) is 0 Å². The van der Waals surface area contributed by atoms with Crippen molar-refractivity contribution in [3.05, 3.63) is 0 Å². The lowest BCUT2D eigenvalue weighted by Gasteiger charge is -2.22. The number of ether oxygens (including phenoxy) is 1. The maximum Gasteiger partial charge on any atom is 0.152 e. The maximum atomic E-state index is 12.0. The third-order valence-corrected chi connectivity index (χ3v) is 2.62. The topological polar surface area (TPSA) is 76.4 Å². The molecule has 0 aromatic rings. The third-order valence-electron chi connectivity index (χ3n) is 2.62. The second-order valence-corrected chi connectivity index (χ2v) is 5.09. The Bertz CT molecular complexity index is 220. The Hall–Kier alpha value is -0.490. The summed E-state index contributed by atoms with van der Waals surface area (Å²) in [6, 6.07) is 0.286. The van der Waals surface area contributed by atoms with Crippen LogP contribution in [0.25, 0.3) is 0 Å². The predicted octanol–water partition coefficient (Wildman–Crippen LogP) is 0.838. The molecule has 0 heterocycles. The molecule has 0 rings (SSSR count). The van der Waals surface area contributed by atoms with E-state index in [-0.39, 0.29) is 18.7 Å². The summed E-state index contributed by atoms with van der Waals surface area (Å²) in [6.45, 7) is 9.56. The summed E-state index contributed by atoms with van der Waals surface area (Å²) in [5, 5.41) is 6.46. The first kappa shape index (κ1) is 17.5. The summed E-state index contributed by atoms with van der Waals surface area (Å²) in [4.78, 5) is 12.0. The highest BCUT2D eigenvalue weighted by molar-refractivity contribution is 5.85. The van der Waals surface area contributed by atoms with E-state index in [0.717, 1.165) is 19.4 Å². The highest BCUT2D eigenvalue weighted by Gasteiger charge is 2.20. The summed E-state index contributed by atoms with van der Waals surface area (Å²) in [5.74, 6) is 0.372. The summed E-state index contributed by atoms with van der Waals surface area (Å²) in [5.41, 5.74) is 5.20. The van der Waals surface area contributed by atoms with Crippen LogP contribution in [-0.4, -0.2) is 37.9 Å². The van der Waals surface area contributed by atoms with Crippen molar-refractivity contribution in [1.29, 1.82) is 0 Å². The van der Waals surface area contributed by atoms with E-state index in [1.807, 2.05) is 13.8 Å². The number of hydrogen-bond acceptors (Lipinski definition) is 5. The van der Waals surface area contributed by atoms with Gasteiger partial charge in [0.25, 0.3) is 0 Å². The molecular weight excluding hydrogens is 230 g/mol. The van der Waals surface area contributed by atoms with E-state index in [9.17, 15) is 4.79 Å². The zero-order chi connectivity index (χ0) is 14.0. The Morgan fingerprint density at radius 3 is 2.44 bits per heavy atom. The minimum atomic E-state index is -0.0396. The Balaban J connectivity index is 3.91. The van der Waals surface area contributed by atoms with E-state index in [2.05, 4.69) is 24.5 Å². The van der Waals surface area contributed by atoms with Gasteiger partial charge in [0, 0.05) is 12.0 Å². The van der Waals surface area contributed by atoms with E-state index >= 15 is 0 Å². The monoisotopic (exact) mass is 259 g/mol. The average Bonchev–Trinajstić information content (AvgIpc) is 2.30. The zero-order valence-electron chi connectivity index (χ0n) is 12.2.